The molecule has 6 heteroatoms. The molecule has 18 heavy (non-hydrogen) atoms. The fourth-order valence-corrected chi connectivity index (χ4v) is 1.79. The van der Waals surface area contributed by atoms with Crippen LogP contribution in [0, 0.1) is 0 Å². The van der Waals surface area contributed by atoms with Gasteiger partial charge in [0.1, 0.15) is 5.82 Å². The number of carbonyl (C=O) groups excluding carboxylic acids is 1. The van der Waals surface area contributed by atoms with Crippen molar-refractivity contribution in [1.29, 1.82) is 0 Å². The molecular formula is C12H18N4O2. The maximum Gasteiger partial charge on any atom is 0.273 e. The highest BCUT2D eigenvalue weighted by Gasteiger charge is 2.34. The molecule has 1 amide bonds. The van der Waals surface area contributed by atoms with Gasteiger partial charge >= 0.3 is 0 Å². The molecule has 0 aromatic carbocycles. The molecule has 1 aromatic heterocycles. The number of nitrogens with one attached hydrogen (secondary N) is 1. The van der Waals surface area contributed by atoms with Crippen LogP contribution in [0.3, 0.4) is 0 Å². The molecular weight excluding hydrogens is 232 g/mol. The number of rotatable bonds is 4. The van der Waals surface area contributed by atoms with E-state index in [1.165, 1.54) is 4.90 Å². The Kier molecular flexibility index (Phi) is 3.47. The average Bonchev–Trinajstić information content (AvgIpc) is 2.33. The summed E-state index contributed by atoms with van der Waals surface area (Å²) in [7, 11) is 3.34. The average molecular weight is 250 g/mol. The second-order valence-corrected chi connectivity index (χ2v) is 4.93. The lowest BCUT2D eigenvalue weighted by atomic mass is 9.80. The van der Waals surface area contributed by atoms with Crippen LogP contribution in [-0.4, -0.2) is 52.4 Å². The largest absolute Gasteiger partial charge is 0.388 e. The molecule has 98 valence electrons. The highest BCUT2D eigenvalue weighted by molar-refractivity contribution is 5.91. The molecule has 1 heterocycles. The predicted molar refractivity (Wildman–Crippen MR) is 67.3 cm³/mol. The quantitative estimate of drug-likeness (QED) is 0.814. The fourth-order valence-electron chi connectivity index (χ4n) is 1.79. The van der Waals surface area contributed by atoms with Crippen molar-refractivity contribution >= 4 is 11.7 Å². The number of nitrogens with zero attached hydrogens (tertiary/aromatic N) is 3. The first-order valence-corrected chi connectivity index (χ1v) is 6.02. The molecule has 0 atom stereocenters. The van der Waals surface area contributed by atoms with Gasteiger partial charge in [0.2, 0.25) is 0 Å². The number of aromatic nitrogens is 2. The monoisotopic (exact) mass is 250 g/mol. The third kappa shape index (κ3) is 2.76. The van der Waals surface area contributed by atoms with Crippen LogP contribution in [0.2, 0.25) is 0 Å². The third-order valence-corrected chi connectivity index (χ3v) is 3.17. The van der Waals surface area contributed by atoms with Crippen molar-refractivity contribution in [2.45, 2.75) is 24.9 Å². The summed E-state index contributed by atoms with van der Waals surface area (Å²) < 4.78 is 0. The van der Waals surface area contributed by atoms with Crippen LogP contribution in [0.25, 0.3) is 0 Å². The van der Waals surface area contributed by atoms with Gasteiger partial charge in [-0.25, -0.2) is 0 Å². The first-order valence-electron chi connectivity index (χ1n) is 6.02. The van der Waals surface area contributed by atoms with E-state index in [4.69, 9.17) is 0 Å². The molecule has 0 radical (unpaired) electrons. The molecule has 2 N–H and O–H groups in total. The van der Waals surface area contributed by atoms with Crippen LogP contribution >= 0.6 is 0 Å². The molecule has 0 aliphatic heterocycles. The minimum atomic E-state index is -0.597. The fraction of sp³-hybridized carbons (Fsp3) is 0.583. The van der Waals surface area contributed by atoms with E-state index in [2.05, 4.69) is 15.5 Å². The van der Waals surface area contributed by atoms with Gasteiger partial charge in [-0.2, -0.15) is 0 Å². The van der Waals surface area contributed by atoms with Crippen LogP contribution in [0.15, 0.2) is 12.1 Å². The van der Waals surface area contributed by atoms with Gasteiger partial charge in [-0.05, 0) is 31.4 Å². The van der Waals surface area contributed by atoms with Crippen molar-refractivity contribution < 1.29 is 9.90 Å². The van der Waals surface area contributed by atoms with Gasteiger partial charge in [0.25, 0.3) is 5.91 Å². The van der Waals surface area contributed by atoms with E-state index in [9.17, 15) is 9.90 Å². The van der Waals surface area contributed by atoms with Crippen LogP contribution in [-0.2, 0) is 0 Å². The van der Waals surface area contributed by atoms with E-state index in [-0.39, 0.29) is 5.91 Å². The number of carbonyl (C=O) groups is 1. The Labute approximate surface area is 106 Å². The van der Waals surface area contributed by atoms with Crippen molar-refractivity contribution in [3.63, 3.8) is 0 Å². The summed E-state index contributed by atoms with van der Waals surface area (Å²) in [6, 6.07) is 3.33. The molecule has 1 saturated carbocycles. The number of aliphatic hydroxyl groups is 1. The summed E-state index contributed by atoms with van der Waals surface area (Å²) in [4.78, 5) is 13.0. The van der Waals surface area contributed by atoms with Gasteiger partial charge in [-0.1, -0.05) is 0 Å². The number of anilines is 1. The Hall–Kier alpha value is -1.69. The van der Waals surface area contributed by atoms with Crippen molar-refractivity contribution in [1.82, 2.24) is 15.1 Å². The summed E-state index contributed by atoms with van der Waals surface area (Å²) in [6.07, 6.45) is 2.72. The molecule has 1 fully saturated rings. The first-order chi connectivity index (χ1) is 8.50. The lowest BCUT2D eigenvalue weighted by molar-refractivity contribution is -0.0202. The van der Waals surface area contributed by atoms with Crippen LogP contribution in [0.1, 0.15) is 29.8 Å². The molecule has 2 rings (SSSR count). The SMILES string of the molecule is CN(C)C(=O)c1ccc(NCC2(O)CCC2)nn1. The van der Waals surface area contributed by atoms with E-state index in [1.807, 2.05) is 0 Å². The summed E-state index contributed by atoms with van der Waals surface area (Å²) in [6.45, 7) is 0.475. The molecule has 0 bridgehead atoms. The van der Waals surface area contributed by atoms with Gasteiger partial charge in [0.05, 0.1) is 5.60 Å². The van der Waals surface area contributed by atoms with Gasteiger partial charge in [-0.3, -0.25) is 4.79 Å². The van der Waals surface area contributed by atoms with Crippen molar-refractivity contribution in [3.05, 3.63) is 17.8 Å². The van der Waals surface area contributed by atoms with E-state index in [0.29, 0.717) is 18.1 Å². The number of hydrogen-bond donors (Lipinski definition) is 2. The molecule has 1 aliphatic carbocycles. The van der Waals surface area contributed by atoms with Crippen LogP contribution in [0.5, 0.6) is 0 Å². The van der Waals surface area contributed by atoms with E-state index in [1.54, 1.807) is 26.2 Å². The first kappa shape index (κ1) is 12.8. The zero-order valence-electron chi connectivity index (χ0n) is 10.7. The van der Waals surface area contributed by atoms with Crippen molar-refractivity contribution in [2.75, 3.05) is 26.0 Å². The highest BCUT2D eigenvalue weighted by atomic mass is 16.3. The van der Waals surface area contributed by atoms with Crippen molar-refractivity contribution in [2.24, 2.45) is 0 Å². The van der Waals surface area contributed by atoms with Crippen LogP contribution < -0.4 is 5.32 Å². The Balaban J connectivity index is 1.93. The second-order valence-electron chi connectivity index (χ2n) is 4.93. The molecule has 1 aliphatic rings. The van der Waals surface area contributed by atoms with E-state index in [0.717, 1.165) is 19.3 Å². The summed E-state index contributed by atoms with van der Waals surface area (Å²) in [5.41, 5.74) is -0.285. The zero-order valence-corrected chi connectivity index (χ0v) is 10.7. The minimum absolute atomic E-state index is 0.174. The molecule has 0 unspecified atom stereocenters. The van der Waals surface area contributed by atoms with Gasteiger partial charge in [0, 0.05) is 20.6 Å². The number of hydrogen-bond acceptors (Lipinski definition) is 5. The lowest BCUT2D eigenvalue weighted by Crippen LogP contribution is -2.43. The second kappa shape index (κ2) is 4.89. The van der Waals surface area contributed by atoms with E-state index >= 15 is 0 Å². The molecule has 1 aromatic rings. The smallest absolute Gasteiger partial charge is 0.273 e. The Morgan fingerprint density at radius 1 is 1.44 bits per heavy atom. The maximum absolute atomic E-state index is 11.6. The highest BCUT2D eigenvalue weighted by Crippen LogP contribution is 2.31. The van der Waals surface area contributed by atoms with Gasteiger partial charge in [0.15, 0.2) is 5.69 Å². The lowest BCUT2D eigenvalue weighted by Gasteiger charge is -2.36. The van der Waals surface area contributed by atoms with E-state index < -0.39 is 5.60 Å². The third-order valence-electron chi connectivity index (χ3n) is 3.17. The van der Waals surface area contributed by atoms with Crippen LogP contribution in [0.4, 0.5) is 5.82 Å². The summed E-state index contributed by atoms with van der Waals surface area (Å²) >= 11 is 0. The van der Waals surface area contributed by atoms with Gasteiger partial charge in [-0.15, -0.1) is 10.2 Å². The minimum Gasteiger partial charge on any atom is -0.388 e. The van der Waals surface area contributed by atoms with Gasteiger partial charge < -0.3 is 15.3 Å². The standard InChI is InChI=1S/C12H18N4O2/c1-16(2)11(17)9-4-5-10(15-14-9)13-8-12(18)6-3-7-12/h4-5,18H,3,6-8H2,1-2H3,(H,13,15). The normalized spacial score (nSPS) is 16.8. The zero-order chi connectivity index (χ0) is 13.2. The topological polar surface area (TPSA) is 78.4 Å². The predicted octanol–water partition coefficient (Wildman–Crippen LogP) is 0.505. The molecule has 0 saturated heterocycles. The molecule has 6 nitrogen and oxygen atoms in total. The Morgan fingerprint density at radius 3 is 2.61 bits per heavy atom. The van der Waals surface area contributed by atoms with Crippen molar-refractivity contribution in [3.8, 4) is 0 Å². The molecule has 0 spiro atoms. The summed E-state index contributed by atoms with van der Waals surface area (Å²) in [5.74, 6) is 0.400. The number of amides is 1. The Morgan fingerprint density at radius 2 is 2.17 bits per heavy atom. The Bertz CT molecular complexity index is 426. The summed E-state index contributed by atoms with van der Waals surface area (Å²) in [5, 5.41) is 20.7. The maximum atomic E-state index is 11.6.